The number of carbonyl (C=O) groups is 1. The third-order valence-corrected chi connectivity index (χ3v) is 4.34. The Kier molecular flexibility index (Phi) is 6.47. The molecule has 0 aliphatic carbocycles. The molecule has 3 aromatic carbocycles. The topological polar surface area (TPSA) is 50.7 Å². The van der Waals surface area contributed by atoms with Crippen molar-refractivity contribution in [2.24, 2.45) is 5.10 Å². The average molecular weight is 399 g/mol. The number of hydrazone groups is 1. The first-order valence-corrected chi connectivity index (χ1v) is 8.92. The van der Waals surface area contributed by atoms with Gasteiger partial charge in [0.1, 0.15) is 12.4 Å². The number of hydrogen-bond acceptors (Lipinski definition) is 3. The Morgan fingerprint density at radius 2 is 1.67 bits per heavy atom. The van der Waals surface area contributed by atoms with E-state index in [0.717, 1.165) is 16.9 Å². The molecular formula is C21H16Cl2N2O2. The Morgan fingerprint density at radius 1 is 0.963 bits per heavy atom. The van der Waals surface area contributed by atoms with Gasteiger partial charge in [0.2, 0.25) is 0 Å². The summed E-state index contributed by atoms with van der Waals surface area (Å²) < 4.78 is 5.73. The molecule has 0 radical (unpaired) electrons. The van der Waals surface area contributed by atoms with Gasteiger partial charge in [0.05, 0.1) is 6.21 Å². The summed E-state index contributed by atoms with van der Waals surface area (Å²) in [4.78, 5) is 11.9. The van der Waals surface area contributed by atoms with Crippen LogP contribution in [-0.2, 0) is 6.61 Å². The van der Waals surface area contributed by atoms with Gasteiger partial charge >= 0.3 is 0 Å². The van der Waals surface area contributed by atoms with E-state index in [-0.39, 0.29) is 5.91 Å². The first kappa shape index (κ1) is 19.0. The molecule has 4 nitrogen and oxygen atoms in total. The fourth-order valence-corrected chi connectivity index (χ4v) is 2.57. The Hall–Kier alpha value is -2.82. The number of rotatable bonds is 6. The lowest BCUT2D eigenvalue weighted by Crippen LogP contribution is -2.17. The van der Waals surface area contributed by atoms with Crippen LogP contribution in [0, 0.1) is 0 Å². The predicted molar refractivity (Wildman–Crippen MR) is 109 cm³/mol. The molecule has 0 bridgehead atoms. The highest BCUT2D eigenvalue weighted by molar-refractivity contribution is 6.31. The van der Waals surface area contributed by atoms with Crippen molar-refractivity contribution in [3.8, 4) is 5.75 Å². The van der Waals surface area contributed by atoms with E-state index < -0.39 is 0 Å². The third kappa shape index (κ3) is 5.58. The van der Waals surface area contributed by atoms with Crippen molar-refractivity contribution in [3.63, 3.8) is 0 Å². The summed E-state index contributed by atoms with van der Waals surface area (Å²) >= 11 is 11.9. The van der Waals surface area contributed by atoms with Crippen LogP contribution in [-0.4, -0.2) is 12.1 Å². The van der Waals surface area contributed by atoms with Crippen LogP contribution < -0.4 is 10.2 Å². The molecule has 6 heteroatoms. The van der Waals surface area contributed by atoms with E-state index in [1.165, 1.54) is 0 Å². The lowest BCUT2D eigenvalue weighted by Gasteiger charge is -2.07. The van der Waals surface area contributed by atoms with Gasteiger partial charge in [0.25, 0.3) is 5.91 Å². The van der Waals surface area contributed by atoms with Gasteiger partial charge in [-0.1, -0.05) is 41.4 Å². The molecular weight excluding hydrogens is 383 g/mol. The molecule has 0 aromatic heterocycles. The summed E-state index contributed by atoms with van der Waals surface area (Å²) in [5.41, 5.74) is 4.72. The van der Waals surface area contributed by atoms with Crippen LogP contribution in [0.5, 0.6) is 5.75 Å². The molecule has 0 spiro atoms. The fraction of sp³-hybridized carbons (Fsp3) is 0.0476. The smallest absolute Gasteiger partial charge is 0.271 e. The highest BCUT2D eigenvalue weighted by atomic mass is 35.5. The molecule has 0 unspecified atom stereocenters. The fourth-order valence-electron chi connectivity index (χ4n) is 2.26. The van der Waals surface area contributed by atoms with Gasteiger partial charge < -0.3 is 4.74 Å². The van der Waals surface area contributed by atoms with Crippen LogP contribution in [0.2, 0.25) is 10.0 Å². The van der Waals surface area contributed by atoms with Crippen LogP contribution in [0.25, 0.3) is 0 Å². The van der Waals surface area contributed by atoms with E-state index in [1.54, 1.807) is 30.5 Å². The molecule has 0 atom stereocenters. The van der Waals surface area contributed by atoms with Crippen LogP contribution >= 0.6 is 23.2 Å². The van der Waals surface area contributed by atoms with E-state index in [2.05, 4.69) is 10.5 Å². The molecule has 0 saturated heterocycles. The van der Waals surface area contributed by atoms with Gasteiger partial charge in [0.15, 0.2) is 0 Å². The Balaban J connectivity index is 1.52. The molecule has 3 rings (SSSR count). The molecule has 136 valence electrons. The first-order valence-electron chi connectivity index (χ1n) is 8.17. The van der Waals surface area contributed by atoms with Gasteiger partial charge in [0, 0.05) is 21.2 Å². The first-order chi connectivity index (χ1) is 13.1. The highest BCUT2D eigenvalue weighted by Gasteiger charge is 2.03. The maximum absolute atomic E-state index is 11.9. The average Bonchev–Trinajstić information content (AvgIpc) is 2.69. The Labute approximate surface area is 167 Å². The second-order valence-electron chi connectivity index (χ2n) is 5.66. The molecule has 0 aliphatic heterocycles. The van der Waals surface area contributed by atoms with Gasteiger partial charge in [-0.15, -0.1) is 0 Å². The number of ether oxygens (including phenoxy) is 1. The maximum atomic E-state index is 11.9. The minimum absolute atomic E-state index is 0.303. The minimum atomic E-state index is -0.303. The lowest BCUT2D eigenvalue weighted by atomic mass is 10.2. The van der Waals surface area contributed by atoms with Gasteiger partial charge in [-0.25, -0.2) is 5.43 Å². The Bertz CT molecular complexity index is 939. The molecule has 0 saturated carbocycles. The Morgan fingerprint density at radius 3 is 2.37 bits per heavy atom. The minimum Gasteiger partial charge on any atom is -0.489 e. The van der Waals surface area contributed by atoms with Crippen molar-refractivity contribution in [2.45, 2.75) is 6.61 Å². The van der Waals surface area contributed by atoms with Crippen LogP contribution in [0.15, 0.2) is 77.9 Å². The summed E-state index contributed by atoms with van der Waals surface area (Å²) in [6.07, 6.45) is 1.56. The summed E-state index contributed by atoms with van der Waals surface area (Å²) in [5.74, 6) is 0.417. The summed E-state index contributed by atoms with van der Waals surface area (Å²) in [6, 6.07) is 21.5. The van der Waals surface area contributed by atoms with Crippen molar-refractivity contribution >= 4 is 35.3 Å². The quantitative estimate of drug-likeness (QED) is 0.450. The molecule has 3 aromatic rings. The van der Waals surface area contributed by atoms with Crippen LogP contribution in [0.4, 0.5) is 0 Å². The van der Waals surface area contributed by atoms with Crippen molar-refractivity contribution in [1.82, 2.24) is 5.43 Å². The molecule has 0 heterocycles. The molecule has 1 amide bonds. The van der Waals surface area contributed by atoms with E-state index in [4.69, 9.17) is 27.9 Å². The van der Waals surface area contributed by atoms with E-state index in [9.17, 15) is 4.79 Å². The number of benzene rings is 3. The maximum Gasteiger partial charge on any atom is 0.271 e. The van der Waals surface area contributed by atoms with Crippen molar-refractivity contribution in [3.05, 3.63) is 99.5 Å². The van der Waals surface area contributed by atoms with Crippen molar-refractivity contribution < 1.29 is 9.53 Å². The highest BCUT2D eigenvalue weighted by Crippen LogP contribution is 2.18. The number of carbonyl (C=O) groups excluding carboxylic acids is 1. The van der Waals surface area contributed by atoms with E-state index in [1.807, 2.05) is 48.5 Å². The molecule has 0 aliphatic rings. The normalized spacial score (nSPS) is 10.7. The summed E-state index contributed by atoms with van der Waals surface area (Å²) in [5, 5.41) is 5.21. The monoisotopic (exact) mass is 398 g/mol. The SMILES string of the molecule is O=C(N/N=C\c1ccc(OCc2ccccc2Cl)cc1)c1ccc(Cl)cc1. The second-order valence-corrected chi connectivity index (χ2v) is 6.50. The lowest BCUT2D eigenvalue weighted by molar-refractivity contribution is 0.0955. The molecule has 1 N–H and O–H groups in total. The number of halogens is 2. The number of nitrogens with one attached hydrogen (secondary N) is 1. The summed E-state index contributed by atoms with van der Waals surface area (Å²) in [7, 11) is 0. The number of amides is 1. The van der Waals surface area contributed by atoms with Gasteiger partial charge in [-0.3, -0.25) is 4.79 Å². The zero-order chi connectivity index (χ0) is 19.1. The standard InChI is InChI=1S/C21H16Cl2N2O2/c22-18-9-7-16(8-10-18)21(26)25-24-13-15-5-11-19(12-6-15)27-14-17-3-1-2-4-20(17)23/h1-13H,14H2,(H,25,26)/b24-13-. The van der Waals surface area contributed by atoms with Gasteiger partial charge in [-0.2, -0.15) is 5.10 Å². The van der Waals surface area contributed by atoms with Crippen LogP contribution in [0.3, 0.4) is 0 Å². The molecule has 0 fully saturated rings. The number of nitrogens with zero attached hydrogens (tertiary/aromatic N) is 1. The zero-order valence-electron chi connectivity index (χ0n) is 14.2. The van der Waals surface area contributed by atoms with E-state index in [0.29, 0.717) is 22.2 Å². The van der Waals surface area contributed by atoms with Gasteiger partial charge in [-0.05, 0) is 60.2 Å². The van der Waals surface area contributed by atoms with E-state index >= 15 is 0 Å². The molecule has 27 heavy (non-hydrogen) atoms. The van der Waals surface area contributed by atoms with Crippen molar-refractivity contribution in [2.75, 3.05) is 0 Å². The third-order valence-electron chi connectivity index (χ3n) is 3.72. The summed E-state index contributed by atoms with van der Waals surface area (Å²) in [6.45, 7) is 0.393. The predicted octanol–water partition coefficient (Wildman–Crippen LogP) is 5.34. The van der Waals surface area contributed by atoms with Crippen molar-refractivity contribution in [1.29, 1.82) is 0 Å². The number of hydrogen-bond donors (Lipinski definition) is 1. The van der Waals surface area contributed by atoms with Crippen LogP contribution in [0.1, 0.15) is 21.5 Å². The second kappa shape index (κ2) is 9.21. The zero-order valence-corrected chi connectivity index (χ0v) is 15.7. The largest absolute Gasteiger partial charge is 0.489 e.